The Kier molecular flexibility index (Phi) is 3.57. The number of hydrogen-bond acceptors (Lipinski definition) is 1. The molecule has 0 N–H and O–H groups in total. The first kappa shape index (κ1) is 11.1. The molecule has 1 rings (SSSR count). The second-order valence-corrected chi connectivity index (χ2v) is 2.64. The normalized spacial score (nSPS) is 10.7. The molecule has 0 saturated carbocycles. The van der Waals surface area contributed by atoms with Crippen molar-refractivity contribution in [2.24, 2.45) is 0 Å². The first-order chi connectivity index (χ1) is 6.54. The molecular formula is C8H5ClF4O. The summed E-state index contributed by atoms with van der Waals surface area (Å²) < 4.78 is 53.0. The van der Waals surface area contributed by atoms with Crippen LogP contribution in [0.15, 0.2) is 12.1 Å². The molecule has 1 nitrogen and oxygen atoms in total. The molecule has 0 heterocycles. The molecule has 0 saturated heterocycles. The lowest BCUT2D eigenvalue weighted by molar-refractivity contribution is -0.0501. The highest BCUT2D eigenvalue weighted by molar-refractivity contribution is 6.17. The average Bonchev–Trinajstić information content (AvgIpc) is 2.01. The quantitative estimate of drug-likeness (QED) is 0.570. The first-order valence-corrected chi connectivity index (χ1v) is 4.06. The van der Waals surface area contributed by atoms with Crippen molar-refractivity contribution in [2.75, 3.05) is 0 Å². The molecule has 1 aromatic rings. The van der Waals surface area contributed by atoms with E-state index in [0.29, 0.717) is 12.1 Å². The van der Waals surface area contributed by atoms with Crippen LogP contribution in [0.4, 0.5) is 17.6 Å². The minimum absolute atomic E-state index is 0.367. The van der Waals surface area contributed by atoms with Crippen molar-refractivity contribution in [3.63, 3.8) is 0 Å². The van der Waals surface area contributed by atoms with Crippen LogP contribution >= 0.6 is 11.6 Å². The number of rotatable bonds is 3. The molecule has 6 heteroatoms. The molecule has 0 radical (unpaired) electrons. The second-order valence-electron chi connectivity index (χ2n) is 2.38. The standard InChI is InChI=1S/C8H5ClF4O/c9-3-5-6(10)1-4(2-7(5)11)14-8(12)13/h1-2,8H,3H2. The van der Waals surface area contributed by atoms with Gasteiger partial charge >= 0.3 is 6.61 Å². The fourth-order valence-corrected chi connectivity index (χ4v) is 1.13. The largest absolute Gasteiger partial charge is 0.435 e. The minimum atomic E-state index is -3.12. The maximum absolute atomic E-state index is 12.9. The van der Waals surface area contributed by atoms with Crippen molar-refractivity contribution in [3.05, 3.63) is 29.3 Å². The van der Waals surface area contributed by atoms with Gasteiger partial charge in [-0.3, -0.25) is 0 Å². The summed E-state index contributed by atoms with van der Waals surface area (Å²) in [5.41, 5.74) is -0.367. The van der Waals surface area contributed by atoms with E-state index < -0.39 is 24.0 Å². The Hall–Kier alpha value is -0.970. The van der Waals surface area contributed by atoms with Gasteiger partial charge in [0.2, 0.25) is 0 Å². The number of alkyl halides is 3. The van der Waals surface area contributed by atoms with Gasteiger partial charge in [-0.15, -0.1) is 11.6 Å². The van der Waals surface area contributed by atoms with Crippen molar-refractivity contribution in [2.45, 2.75) is 12.5 Å². The average molecular weight is 229 g/mol. The third kappa shape index (κ3) is 2.51. The Morgan fingerprint density at radius 3 is 2.07 bits per heavy atom. The van der Waals surface area contributed by atoms with Crippen LogP contribution in [-0.4, -0.2) is 6.61 Å². The number of ether oxygens (including phenoxy) is 1. The van der Waals surface area contributed by atoms with E-state index in [1.807, 2.05) is 0 Å². The van der Waals surface area contributed by atoms with E-state index in [1.54, 1.807) is 0 Å². The van der Waals surface area contributed by atoms with Gasteiger partial charge in [-0.25, -0.2) is 8.78 Å². The maximum atomic E-state index is 12.9. The van der Waals surface area contributed by atoms with Gasteiger partial charge in [-0.05, 0) is 0 Å². The van der Waals surface area contributed by atoms with E-state index in [1.165, 1.54) is 0 Å². The Labute approximate surface area is 82.2 Å². The molecule has 0 amide bonds. The fraction of sp³-hybridized carbons (Fsp3) is 0.250. The highest BCUT2D eigenvalue weighted by atomic mass is 35.5. The SMILES string of the molecule is Fc1cc(OC(F)F)cc(F)c1CCl. The van der Waals surface area contributed by atoms with Crippen LogP contribution in [0.3, 0.4) is 0 Å². The minimum Gasteiger partial charge on any atom is -0.435 e. The van der Waals surface area contributed by atoms with Gasteiger partial charge in [0.25, 0.3) is 0 Å². The topological polar surface area (TPSA) is 9.23 Å². The van der Waals surface area contributed by atoms with E-state index >= 15 is 0 Å². The Balaban J connectivity index is 3.01. The lowest BCUT2D eigenvalue weighted by Crippen LogP contribution is -2.04. The molecule has 0 unspecified atom stereocenters. The Morgan fingerprint density at radius 2 is 1.71 bits per heavy atom. The van der Waals surface area contributed by atoms with E-state index in [2.05, 4.69) is 4.74 Å². The van der Waals surface area contributed by atoms with Crippen LogP contribution in [-0.2, 0) is 5.88 Å². The van der Waals surface area contributed by atoms with Gasteiger partial charge in [0, 0.05) is 17.7 Å². The van der Waals surface area contributed by atoms with E-state index in [-0.39, 0.29) is 11.4 Å². The zero-order chi connectivity index (χ0) is 10.7. The number of halogens is 5. The lowest BCUT2D eigenvalue weighted by atomic mass is 10.2. The van der Waals surface area contributed by atoms with Crippen LogP contribution in [0.1, 0.15) is 5.56 Å². The molecule has 0 fully saturated rings. The van der Waals surface area contributed by atoms with Crippen LogP contribution < -0.4 is 4.74 Å². The summed E-state index contributed by atoms with van der Waals surface area (Å²) in [6, 6.07) is 1.32. The predicted molar refractivity (Wildman–Crippen MR) is 42.5 cm³/mol. The molecular weight excluding hydrogens is 224 g/mol. The lowest BCUT2D eigenvalue weighted by Gasteiger charge is -2.06. The van der Waals surface area contributed by atoms with Crippen molar-refractivity contribution in [1.82, 2.24) is 0 Å². The van der Waals surface area contributed by atoms with Crippen molar-refractivity contribution in [3.8, 4) is 5.75 Å². The molecule has 1 aromatic carbocycles. The summed E-state index contributed by atoms with van der Waals surface area (Å²) in [7, 11) is 0. The summed E-state index contributed by atoms with van der Waals surface area (Å²) in [5.74, 6) is -2.94. The van der Waals surface area contributed by atoms with Crippen LogP contribution in [0.25, 0.3) is 0 Å². The zero-order valence-corrected chi connectivity index (χ0v) is 7.49. The molecule has 0 spiro atoms. The van der Waals surface area contributed by atoms with Gasteiger partial charge in [0.1, 0.15) is 17.4 Å². The molecule has 0 aliphatic rings. The second kappa shape index (κ2) is 4.50. The molecule has 0 aromatic heterocycles. The number of hydrogen-bond donors (Lipinski definition) is 0. The summed E-state index contributed by atoms with van der Waals surface area (Å²) in [4.78, 5) is 0. The maximum Gasteiger partial charge on any atom is 0.387 e. The molecule has 0 atom stereocenters. The van der Waals surface area contributed by atoms with Gasteiger partial charge in [0.15, 0.2) is 0 Å². The highest BCUT2D eigenvalue weighted by Crippen LogP contribution is 2.23. The van der Waals surface area contributed by atoms with Crippen molar-refractivity contribution < 1.29 is 22.3 Å². The molecule has 78 valence electrons. The van der Waals surface area contributed by atoms with Gasteiger partial charge in [-0.2, -0.15) is 8.78 Å². The Morgan fingerprint density at radius 1 is 1.21 bits per heavy atom. The van der Waals surface area contributed by atoms with Crippen LogP contribution in [0.5, 0.6) is 5.75 Å². The fourth-order valence-electron chi connectivity index (χ4n) is 0.878. The molecule has 0 bridgehead atoms. The highest BCUT2D eigenvalue weighted by Gasteiger charge is 2.13. The Bertz CT molecular complexity index is 306. The molecule has 14 heavy (non-hydrogen) atoms. The smallest absolute Gasteiger partial charge is 0.387 e. The third-order valence-corrected chi connectivity index (χ3v) is 1.74. The first-order valence-electron chi connectivity index (χ1n) is 3.53. The summed E-state index contributed by atoms with van der Waals surface area (Å²) in [5, 5.41) is 0. The zero-order valence-electron chi connectivity index (χ0n) is 6.74. The van der Waals surface area contributed by atoms with E-state index in [0.717, 1.165) is 0 Å². The molecule has 0 aliphatic carbocycles. The van der Waals surface area contributed by atoms with Crippen molar-refractivity contribution >= 4 is 11.6 Å². The van der Waals surface area contributed by atoms with Gasteiger partial charge in [0.05, 0.1) is 5.88 Å². The summed E-state index contributed by atoms with van der Waals surface area (Å²) >= 11 is 5.23. The van der Waals surface area contributed by atoms with Gasteiger partial charge in [-0.1, -0.05) is 0 Å². The van der Waals surface area contributed by atoms with E-state index in [4.69, 9.17) is 11.6 Å². The van der Waals surface area contributed by atoms with Crippen LogP contribution in [0, 0.1) is 11.6 Å². The monoisotopic (exact) mass is 228 g/mol. The van der Waals surface area contributed by atoms with Crippen molar-refractivity contribution in [1.29, 1.82) is 0 Å². The van der Waals surface area contributed by atoms with E-state index in [9.17, 15) is 17.6 Å². The summed E-state index contributed by atoms with van der Waals surface area (Å²) in [6.45, 7) is -3.12. The summed E-state index contributed by atoms with van der Waals surface area (Å²) in [6.07, 6.45) is 0. The third-order valence-electron chi connectivity index (χ3n) is 1.47. The number of benzene rings is 1. The van der Waals surface area contributed by atoms with Crippen LogP contribution in [0.2, 0.25) is 0 Å². The van der Waals surface area contributed by atoms with Gasteiger partial charge < -0.3 is 4.74 Å². The molecule has 0 aliphatic heterocycles. The predicted octanol–water partition coefficient (Wildman–Crippen LogP) is 3.31.